The van der Waals surface area contributed by atoms with Crippen LogP contribution in [0, 0.1) is 0 Å². The molecule has 0 spiro atoms. The van der Waals surface area contributed by atoms with Crippen LogP contribution in [0.25, 0.3) is 12.2 Å². The minimum Gasteiger partial charge on any atom is -0.485 e. The van der Waals surface area contributed by atoms with Crippen molar-refractivity contribution in [3.8, 4) is 5.75 Å². The highest BCUT2D eigenvalue weighted by atomic mass is 32.1. The van der Waals surface area contributed by atoms with Gasteiger partial charge in [0.15, 0.2) is 4.80 Å². The lowest BCUT2D eigenvalue weighted by molar-refractivity contribution is -0.139. The molecule has 5 rings (SSSR count). The Morgan fingerprint density at radius 3 is 2.62 bits per heavy atom. The first-order chi connectivity index (χ1) is 17.8. The first kappa shape index (κ1) is 25.0. The second-order valence-electron chi connectivity index (χ2n) is 9.57. The summed E-state index contributed by atoms with van der Waals surface area (Å²) >= 11 is 1.32. The lowest BCUT2D eigenvalue weighted by Gasteiger charge is -2.25. The zero-order chi connectivity index (χ0) is 26.3. The molecule has 0 N–H and O–H groups in total. The molecule has 2 atom stereocenters. The fourth-order valence-electron chi connectivity index (χ4n) is 4.74. The Morgan fingerprint density at radius 1 is 1.19 bits per heavy atom. The smallest absolute Gasteiger partial charge is 0.338 e. The average Bonchev–Trinajstić information content (AvgIpc) is 3.18. The monoisotopic (exact) mass is 514 g/mol. The Labute approximate surface area is 219 Å². The lowest BCUT2D eigenvalue weighted by Crippen LogP contribution is -2.40. The van der Waals surface area contributed by atoms with Crippen molar-refractivity contribution >= 4 is 29.5 Å². The van der Waals surface area contributed by atoms with E-state index < -0.39 is 12.0 Å². The van der Waals surface area contributed by atoms with Crippen molar-refractivity contribution < 1.29 is 14.3 Å². The lowest BCUT2D eigenvalue weighted by atomic mass is 9.93. The average molecular weight is 515 g/mol. The van der Waals surface area contributed by atoms with Gasteiger partial charge < -0.3 is 9.47 Å². The van der Waals surface area contributed by atoms with Crippen LogP contribution < -0.4 is 19.6 Å². The molecule has 1 aromatic heterocycles. The number of esters is 1. The number of carbonyl (C=O) groups is 1. The highest BCUT2D eigenvalue weighted by molar-refractivity contribution is 7.07. The van der Waals surface area contributed by atoms with Crippen LogP contribution in [0.4, 0.5) is 0 Å². The maximum absolute atomic E-state index is 13.9. The molecule has 0 saturated carbocycles. The molecule has 2 aliphatic rings. The van der Waals surface area contributed by atoms with Gasteiger partial charge in [0.2, 0.25) is 0 Å². The molecule has 3 heterocycles. The third kappa shape index (κ3) is 4.60. The highest BCUT2D eigenvalue weighted by Crippen LogP contribution is 2.32. The summed E-state index contributed by atoms with van der Waals surface area (Å²) in [6.07, 6.45) is 3.73. The van der Waals surface area contributed by atoms with E-state index in [2.05, 4.69) is 37.0 Å². The fraction of sp³-hybridized carbons (Fsp3) is 0.300. The summed E-state index contributed by atoms with van der Waals surface area (Å²) < 4.78 is 13.6. The van der Waals surface area contributed by atoms with Crippen LogP contribution in [0.15, 0.2) is 75.2 Å². The molecule has 37 heavy (non-hydrogen) atoms. The Balaban J connectivity index is 1.68. The predicted molar refractivity (Wildman–Crippen MR) is 146 cm³/mol. The third-order valence-electron chi connectivity index (χ3n) is 6.75. The molecule has 0 aliphatic carbocycles. The van der Waals surface area contributed by atoms with Crippen molar-refractivity contribution in [1.82, 2.24) is 4.57 Å². The van der Waals surface area contributed by atoms with Gasteiger partial charge in [-0.1, -0.05) is 67.6 Å². The molecular formula is C30H30N2O4S. The molecule has 2 aliphatic heterocycles. The topological polar surface area (TPSA) is 69.9 Å². The summed E-state index contributed by atoms with van der Waals surface area (Å²) in [5.41, 5.74) is 4.67. The number of ether oxygens (including phenoxy) is 2. The molecular weight excluding hydrogens is 484 g/mol. The van der Waals surface area contributed by atoms with E-state index >= 15 is 0 Å². The van der Waals surface area contributed by atoms with Crippen LogP contribution in [-0.4, -0.2) is 23.2 Å². The number of fused-ring (bicyclic) bond motifs is 2. The van der Waals surface area contributed by atoms with Crippen molar-refractivity contribution in [2.75, 3.05) is 6.61 Å². The molecule has 0 fully saturated rings. The van der Waals surface area contributed by atoms with E-state index in [9.17, 15) is 9.59 Å². The molecule has 2 aromatic carbocycles. The molecule has 0 saturated heterocycles. The molecule has 6 nitrogen and oxygen atoms in total. The number of nitrogens with zero attached hydrogens (tertiary/aromatic N) is 2. The van der Waals surface area contributed by atoms with Gasteiger partial charge in [0, 0.05) is 5.56 Å². The minimum absolute atomic E-state index is 0.192. The van der Waals surface area contributed by atoms with Gasteiger partial charge in [0.05, 0.1) is 28.5 Å². The van der Waals surface area contributed by atoms with E-state index in [1.165, 1.54) is 16.9 Å². The van der Waals surface area contributed by atoms with E-state index in [1.807, 2.05) is 49.4 Å². The summed E-state index contributed by atoms with van der Waals surface area (Å²) in [7, 11) is 0. The summed E-state index contributed by atoms with van der Waals surface area (Å²) in [6.45, 7) is 10.1. The largest absolute Gasteiger partial charge is 0.485 e. The second-order valence-corrected chi connectivity index (χ2v) is 10.6. The number of carbonyl (C=O) groups excluding carboxylic acids is 1. The number of allylic oxidation sites excluding steroid dienone is 1. The normalized spacial score (nSPS) is 19.1. The SMILES string of the molecule is CCOC(=O)C1=C(C)N=c2sc(=CC3=Cc4ccccc4OC3C)c(=O)n2C1c1ccc(C(C)C)cc1. The van der Waals surface area contributed by atoms with E-state index in [0.717, 1.165) is 22.4 Å². The van der Waals surface area contributed by atoms with Crippen LogP contribution in [0.1, 0.15) is 63.3 Å². The fourth-order valence-corrected chi connectivity index (χ4v) is 5.79. The van der Waals surface area contributed by atoms with Crippen molar-refractivity contribution in [3.05, 3.63) is 102 Å². The first-order valence-corrected chi connectivity index (χ1v) is 13.4. The van der Waals surface area contributed by atoms with E-state index in [4.69, 9.17) is 9.47 Å². The first-order valence-electron chi connectivity index (χ1n) is 12.5. The van der Waals surface area contributed by atoms with Crippen LogP contribution in [0.5, 0.6) is 5.75 Å². The van der Waals surface area contributed by atoms with Gasteiger partial charge in [-0.2, -0.15) is 0 Å². The summed E-state index contributed by atoms with van der Waals surface area (Å²) in [6, 6.07) is 15.3. The predicted octanol–water partition coefficient (Wildman–Crippen LogP) is 4.74. The Kier molecular flexibility index (Phi) is 6.73. The highest BCUT2D eigenvalue weighted by Gasteiger charge is 2.33. The minimum atomic E-state index is -0.617. The molecule has 0 radical (unpaired) electrons. The number of hydrogen-bond donors (Lipinski definition) is 0. The second kappa shape index (κ2) is 9.98. The number of hydrogen-bond acceptors (Lipinski definition) is 6. The maximum Gasteiger partial charge on any atom is 0.338 e. The van der Waals surface area contributed by atoms with Gasteiger partial charge in [0.1, 0.15) is 11.9 Å². The van der Waals surface area contributed by atoms with E-state index in [0.29, 0.717) is 26.5 Å². The van der Waals surface area contributed by atoms with Gasteiger partial charge in [-0.15, -0.1) is 0 Å². The van der Waals surface area contributed by atoms with Crippen LogP contribution >= 0.6 is 11.3 Å². The number of para-hydroxylation sites is 1. The number of thiazole rings is 1. The van der Waals surface area contributed by atoms with E-state index in [-0.39, 0.29) is 18.3 Å². The van der Waals surface area contributed by atoms with Crippen LogP contribution in [-0.2, 0) is 9.53 Å². The molecule has 3 aromatic rings. The number of benzene rings is 2. The Morgan fingerprint density at radius 2 is 1.92 bits per heavy atom. The number of aromatic nitrogens is 1. The van der Waals surface area contributed by atoms with Crippen molar-refractivity contribution in [2.24, 2.45) is 4.99 Å². The molecule has 190 valence electrons. The maximum atomic E-state index is 13.9. The van der Waals surface area contributed by atoms with Gasteiger partial charge in [0.25, 0.3) is 5.56 Å². The van der Waals surface area contributed by atoms with E-state index in [1.54, 1.807) is 18.4 Å². The summed E-state index contributed by atoms with van der Waals surface area (Å²) in [4.78, 5) is 32.2. The number of rotatable bonds is 5. The summed E-state index contributed by atoms with van der Waals surface area (Å²) in [5, 5.41) is 0. The van der Waals surface area contributed by atoms with Crippen molar-refractivity contribution in [3.63, 3.8) is 0 Å². The quantitative estimate of drug-likeness (QED) is 0.462. The van der Waals surface area contributed by atoms with Crippen LogP contribution in [0.2, 0.25) is 0 Å². The van der Waals surface area contributed by atoms with Crippen molar-refractivity contribution in [2.45, 2.75) is 52.7 Å². The van der Waals surface area contributed by atoms with Gasteiger partial charge >= 0.3 is 5.97 Å². The molecule has 0 amide bonds. The molecule has 2 unspecified atom stereocenters. The van der Waals surface area contributed by atoms with Crippen LogP contribution in [0.3, 0.4) is 0 Å². The third-order valence-corrected chi connectivity index (χ3v) is 7.73. The van der Waals surface area contributed by atoms with Gasteiger partial charge in [-0.3, -0.25) is 9.36 Å². The summed E-state index contributed by atoms with van der Waals surface area (Å²) in [5.74, 6) is 0.744. The molecule has 0 bridgehead atoms. The Hall–Kier alpha value is -3.71. The molecule has 7 heteroatoms. The van der Waals surface area contributed by atoms with Gasteiger partial charge in [-0.25, -0.2) is 9.79 Å². The Bertz CT molecular complexity index is 1610. The van der Waals surface area contributed by atoms with Gasteiger partial charge in [-0.05, 0) is 61.6 Å². The zero-order valence-corrected chi connectivity index (χ0v) is 22.5. The standard InChI is InChI=1S/C30H30N2O4S/c1-6-35-29(34)26-18(4)31-30-32(27(26)21-13-11-20(12-14-21)17(2)3)28(33)25(37-30)16-23-15-22-9-7-8-10-24(22)36-19(23)5/h7-17,19,27H,6H2,1-5H3. The zero-order valence-electron chi connectivity index (χ0n) is 21.6. The van der Waals surface area contributed by atoms with Crippen molar-refractivity contribution in [1.29, 1.82) is 0 Å².